The number of rotatable bonds is 3. The smallest absolute Gasteiger partial charge is 0.308 e. The van der Waals surface area contributed by atoms with Crippen molar-refractivity contribution in [3.8, 4) is 0 Å². The third kappa shape index (κ3) is 3.41. The Morgan fingerprint density at radius 1 is 1.21 bits per heavy atom. The molecule has 0 radical (unpaired) electrons. The van der Waals surface area contributed by atoms with Gasteiger partial charge in [-0.1, -0.05) is 25.5 Å². The molecule has 0 aromatic carbocycles. The molecule has 160 valence electrons. The van der Waals surface area contributed by atoms with Crippen molar-refractivity contribution in [2.45, 2.75) is 91.3 Å². The van der Waals surface area contributed by atoms with Crippen molar-refractivity contribution in [3.05, 3.63) is 23.3 Å². The van der Waals surface area contributed by atoms with E-state index in [9.17, 15) is 14.7 Å². The maximum absolute atomic E-state index is 12.4. The van der Waals surface area contributed by atoms with Crippen LogP contribution in [0.25, 0.3) is 0 Å². The fraction of sp³-hybridized carbons (Fsp3) is 0.760. The van der Waals surface area contributed by atoms with E-state index in [4.69, 9.17) is 4.74 Å². The molecule has 4 rings (SSSR count). The van der Waals surface area contributed by atoms with Gasteiger partial charge in [0.05, 0.1) is 12.0 Å². The molecule has 4 aliphatic carbocycles. The summed E-state index contributed by atoms with van der Waals surface area (Å²) in [6.07, 6.45) is 10.5. The van der Waals surface area contributed by atoms with Crippen molar-refractivity contribution < 1.29 is 19.4 Å². The van der Waals surface area contributed by atoms with Gasteiger partial charge >= 0.3 is 5.97 Å². The van der Waals surface area contributed by atoms with Crippen molar-refractivity contribution in [2.24, 2.45) is 28.6 Å². The molecule has 0 heterocycles. The summed E-state index contributed by atoms with van der Waals surface area (Å²) in [7, 11) is 0. The summed E-state index contributed by atoms with van der Waals surface area (Å²) in [5.74, 6) is 1.64. The van der Waals surface area contributed by atoms with Crippen LogP contribution < -0.4 is 0 Å². The van der Waals surface area contributed by atoms with E-state index >= 15 is 0 Å². The van der Waals surface area contributed by atoms with Gasteiger partial charge in [-0.05, 0) is 88.7 Å². The van der Waals surface area contributed by atoms with Crippen LogP contribution in [0.4, 0.5) is 0 Å². The van der Waals surface area contributed by atoms with Crippen LogP contribution in [0.2, 0.25) is 0 Å². The highest BCUT2D eigenvalue weighted by molar-refractivity contribution is 6.05. The summed E-state index contributed by atoms with van der Waals surface area (Å²) in [6, 6.07) is 0. The highest BCUT2D eigenvalue weighted by Crippen LogP contribution is 2.65. The van der Waals surface area contributed by atoms with Crippen molar-refractivity contribution in [1.82, 2.24) is 0 Å². The van der Waals surface area contributed by atoms with Crippen LogP contribution in [-0.4, -0.2) is 28.6 Å². The van der Waals surface area contributed by atoms with Gasteiger partial charge in [0.15, 0.2) is 5.78 Å². The molecule has 0 amide bonds. The van der Waals surface area contributed by atoms with Crippen molar-refractivity contribution in [2.75, 3.05) is 0 Å². The molecule has 29 heavy (non-hydrogen) atoms. The average molecular weight is 401 g/mol. The minimum absolute atomic E-state index is 0.00207. The Labute approximate surface area is 174 Å². The molecule has 4 nitrogen and oxygen atoms in total. The Morgan fingerprint density at radius 2 is 1.93 bits per heavy atom. The van der Waals surface area contributed by atoms with Gasteiger partial charge in [-0.15, -0.1) is 0 Å². The number of carbonyl (C=O) groups excluding carboxylic acids is 2. The number of ketones is 1. The highest BCUT2D eigenvalue weighted by atomic mass is 16.5. The molecule has 3 saturated carbocycles. The van der Waals surface area contributed by atoms with Crippen LogP contribution in [0.3, 0.4) is 0 Å². The summed E-state index contributed by atoms with van der Waals surface area (Å²) in [5, 5.41) is 9.96. The number of aliphatic hydroxyl groups is 1. The Bertz CT molecular complexity index is 785. The first-order valence-electron chi connectivity index (χ1n) is 11.3. The monoisotopic (exact) mass is 400 g/mol. The Morgan fingerprint density at radius 3 is 2.62 bits per heavy atom. The topological polar surface area (TPSA) is 63.6 Å². The molecule has 0 spiro atoms. The number of hydrogen-bond acceptors (Lipinski definition) is 4. The molecular formula is C25H36O4. The lowest BCUT2D eigenvalue weighted by Gasteiger charge is -2.56. The number of esters is 1. The van der Waals surface area contributed by atoms with E-state index in [0.717, 1.165) is 44.1 Å². The zero-order chi connectivity index (χ0) is 21.2. The number of allylic oxidation sites excluding steroid dienone is 4. The molecule has 0 saturated heterocycles. The van der Waals surface area contributed by atoms with Gasteiger partial charge in [0.25, 0.3) is 0 Å². The molecular weight excluding hydrogens is 364 g/mol. The quantitative estimate of drug-likeness (QED) is 0.694. The first kappa shape index (κ1) is 20.8. The summed E-state index contributed by atoms with van der Waals surface area (Å²) in [4.78, 5) is 24.6. The Kier molecular flexibility index (Phi) is 4.88. The van der Waals surface area contributed by atoms with Gasteiger partial charge in [-0.2, -0.15) is 0 Å². The van der Waals surface area contributed by atoms with Crippen molar-refractivity contribution in [1.29, 1.82) is 0 Å². The third-order valence-electron chi connectivity index (χ3n) is 8.62. The molecule has 3 fully saturated rings. The van der Waals surface area contributed by atoms with E-state index in [0.29, 0.717) is 17.8 Å². The maximum atomic E-state index is 12.4. The number of fused-ring (bicyclic) bond motifs is 5. The van der Waals surface area contributed by atoms with Crippen LogP contribution in [0.15, 0.2) is 23.3 Å². The predicted octanol–water partition coefficient (Wildman–Crippen LogP) is 4.76. The first-order chi connectivity index (χ1) is 13.4. The SMILES string of the molecule is CC1=C[C@@]2(C)C(=CC1=O)CC[C@H]1[C@@H]3CC[C@@H](OC(=O)CC(C)(C)O)[C@@]3(C)CC[C@@H]12. The van der Waals surface area contributed by atoms with Crippen molar-refractivity contribution in [3.63, 3.8) is 0 Å². The van der Waals surface area contributed by atoms with E-state index in [2.05, 4.69) is 19.9 Å². The highest BCUT2D eigenvalue weighted by Gasteiger charge is 2.59. The van der Waals surface area contributed by atoms with Crippen molar-refractivity contribution >= 4 is 11.8 Å². The lowest BCUT2D eigenvalue weighted by molar-refractivity contribution is -0.163. The molecule has 0 aromatic heterocycles. The van der Waals surface area contributed by atoms with E-state index in [-0.39, 0.29) is 35.1 Å². The molecule has 0 bridgehead atoms. The molecule has 0 unspecified atom stereocenters. The van der Waals surface area contributed by atoms with Gasteiger partial charge in [-0.25, -0.2) is 0 Å². The van der Waals surface area contributed by atoms with Gasteiger partial charge < -0.3 is 9.84 Å². The zero-order valence-electron chi connectivity index (χ0n) is 18.6. The average Bonchev–Trinajstić information content (AvgIpc) is 2.91. The second kappa shape index (κ2) is 6.80. The maximum Gasteiger partial charge on any atom is 0.308 e. The first-order valence-corrected chi connectivity index (χ1v) is 11.3. The van der Waals surface area contributed by atoms with E-state index in [1.54, 1.807) is 13.8 Å². The lowest BCUT2D eigenvalue weighted by Crippen LogP contribution is -2.51. The van der Waals surface area contributed by atoms with Crippen LogP contribution in [0.5, 0.6) is 0 Å². The zero-order valence-corrected chi connectivity index (χ0v) is 18.6. The fourth-order valence-electron chi connectivity index (χ4n) is 7.18. The molecule has 1 N–H and O–H groups in total. The molecule has 0 aromatic rings. The lowest BCUT2D eigenvalue weighted by atomic mass is 9.48. The van der Waals surface area contributed by atoms with E-state index in [1.165, 1.54) is 5.57 Å². The van der Waals surface area contributed by atoms with Gasteiger partial charge in [0, 0.05) is 10.8 Å². The fourth-order valence-corrected chi connectivity index (χ4v) is 7.18. The standard InChI is InChI=1S/C25H36O4/c1-15-13-25(5)16(12-20(15)26)6-7-17-18-8-9-21(24(18,4)11-10-19(17)25)29-22(27)14-23(2,3)28/h12-13,17-19,21,28H,6-11,14H2,1-5H3/t17-,18-,19-,21+,24-,25-/m0/s1. The molecule has 0 aliphatic heterocycles. The second-order valence-corrected chi connectivity index (χ2v) is 11.1. The van der Waals surface area contributed by atoms with Gasteiger partial charge in [-0.3, -0.25) is 9.59 Å². The Balaban J connectivity index is 1.54. The largest absolute Gasteiger partial charge is 0.462 e. The molecule has 4 aliphatic rings. The van der Waals surface area contributed by atoms with E-state index in [1.807, 2.05) is 13.0 Å². The minimum Gasteiger partial charge on any atom is -0.462 e. The summed E-state index contributed by atoms with van der Waals surface area (Å²) < 4.78 is 5.94. The minimum atomic E-state index is -1.03. The molecule has 6 atom stereocenters. The van der Waals surface area contributed by atoms with Gasteiger partial charge in [0.1, 0.15) is 6.10 Å². The number of hydrogen-bond donors (Lipinski definition) is 1. The normalized spacial score (nSPS) is 41.7. The predicted molar refractivity (Wildman–Crippen MR) is 112 cm³/mol. The van der Waals surface area contributed by atoms with Gasteiger partial charge in [0.2, 0.25) is 0 Å². The summed E-state index contributed by atoms with van der Waals surface area (Å²) >= 11 is 0. The summed E-state index contributed by atoms with van der Waals surface area (Å²) in [5.41, 5.74) is 1.20. The van der Waals surface area contributed by atoms with Crippen LogP contribution in [-0.2, 0) is 14.3 Å². The Hall–Kier alpha value is -1.42. The second-order valence-electron chi connectivity index (χ2n) is 11.1. The van der Waals surface area contributed by atoms with Crippen LogP contribution in [0.1, 0.15) is 79.6 Å². The molecule has 4 heteroatoms. The third-order valence-corrected chi connectivity index (χ3v) is 8.62. The number of carbonyl (C=O) groups is 2. The summed E-state index contributed by atoms with van der Waals surface area (Å²) in [6.45, 7) is 9.91. The van der Waals surface area contributed by atoms with Crippen LogP contribution >= 0.6 is 0 Å². The van der Waals surface area contributed by atoms with Crippen LogP contribution in [0, 0.1) is 28.6 Å². The van der Waals surface area contributed by atoms with E-state index < -0.39 is 5.60 Å². The number of ether oxygens (including phenoxy) is 1.